The van der Waals surface area contributed by atoms with E-state index in [0.29, 0.717) is 22.0 Å². The molecule has 0 saturated carbocycles. The van der Waals surface area contributed by atoms with Crippen LogP contribution < -0.4 is 10.6 Å². The normalized spacial score (nSPS) is 9.60. The molecule has 2 aromatic carbocycles. The summed E-state index contributed by atoms with van der Waals surface area (Å²) in [6, 6.07) is 16.1. The fraction of sp³-hybridized carbons (Fsp3) is 0.0667. The lowest BCUT2D eigenvalue weighted by atomic mass is 10.2. The molecule has 1 amide bonds. The van der Waals surface area contributed by atoms with Crippen molar-refractivity contribution in [3.63, 3.8) is 0 Å². The maximum Gasteiger partial charge on any atom is 0.243 e. The van der Waals surface area contributed by atoms with Gasteiger partial charge in [-0.3, -0.25) is 4.79 Å². The highest BCUT2D eigenvalue weighted by Crippen LogP contribution is 2.20. The standard InChI is InChI=1S/C15H12ClN3O/c16-12-6-2-4-8-14(12)19-15(20)10-18-13-7-3-1-5-11(13)9-17/h1-8,18H,10H2,(H,19,20). The molecule has 0 unspecified atom stereocenters. The number of carbonyl (C=O) groups excluding carboxylic acids is 1. The summed E-state index contributed by atoms with van der Waals surface area (Å²) in [6.07, 6.45) is 0. The molecule has 20 heavy (non-hydrogen) atoms. The van der Waals surface area contributed by atoms with Crippen LogP contribution in [0.1, 0.15) is 5.56 Å². The monoisotopic (exact) mass is 285 g/mol. The number of amides is 1. The molecule has 0 aliphatic heterocycles. The zero-order valence-electron chi connectivity index (χ0n) is 10.6. The molecular weight excluding hydrogens is 274 g/mol. The van der Waals surface area contributed by atoms with Crippen LogP contribution in [-0.4, -0.2) is 12.5 Å². The lowest BCUT2D eigenvalue weighted by molar-refractivity contribution is -0.114. The number of para-hydroxylation sites is 2. The first kappa shape index (κ1) is 13.9. The zero-order chi connectivity index (χ0) is 14.4. The lowest BCUT2D eigenvalue weighted by Crippen LogP contribution is -2.22. The summed E-state index contributed by atoms with van der Waals surface area (Å²) in [5, 5.41) is 15.1. The van der Waals surface area contributed by atoms with Gasteiger partial charge in [-0.1, -0.05) is 35.9 Å². The molecule has 0 aromatic heterocycles. The maximum atomic E-state index is 11.8. The topological polar surface area (TPSA) is 64.9 Å². The number of carbonyl (C=O) groups is 1. The number of halogens is 1. The van der Waals surface area contributed by atoms with Gasteiger partial charge in [-0.15, -0.1) is 0 Å². The Kier molecular flexibility index (Phi) is 4.59. The van der Waals surface area contributed by atoms with Crippen molar-refractivity contribution in [3.8, 4) is 6.07 Å². The fourth-order valence-electron chi connectivity index (χ4n) is 1.67. The van der Waals surface area contributed by atoms with Crippen molar-refractivity contribution in [2.24, 2.45) is 0 Å². The van der Waals surface area contributed by atoms with Crippen LogP contribution in [0.2, 0.25) is 5.02 Å². The number of benzene rings is 2. The van der Waals surface area contributed by atoms with E-state index in [1.165, 1.54) is 0 Å². The van der Waals surface area contributed by atoms with Crippen LogP contribution in [0.3, 0.4) is 0 Å². The minimum absolute atomic E-state index is 0.0594. The van der Waals surface area contributed by atoms with Gasteiger partial charge in [0.2, 0.25) is 5.91 Å². The Balaban J connectivity index is 1.96. The summed E-state index contributed by atoms with van der Waals surface area (Å²) in [4.78, 5) is 11.8. The van der Waals surface area contributed by atoms with Crippen molar-refractivity contribution in [2.75, 3.05) is 17.2 Å². The molecule has 4 nitrogen and oxygen atoms in total. The van der Waals surface area contributed by atoms with Gasteiger partial charge >= 0.3 is 0 Å². The third kappa shape index (κ3) is 3.50. The van der Waals surface area contributed by atoms with E-state index in [4.69, 9.17) is 16.9 Å². The van der Waals surface area contributed by atoms with Gasteiger partial charge in [0.05, 0.1) is 28.5 Å². The molecule has 0 bridgehead atoms. The number of nitriles is 1. The van der Waals surface area contributed by atoms with E-state index in [2.05, 4.69) is 16.7 Å². The summed E-state index contributed by atoms with van der Waals surface area (Å²) >= 11 is 5.95. The van der Waals surface area contributed by atoms with Crippen molar-refractivity contribution in [3.05, 3.63) is 59.1 Å². The van der Waals surface area contributed by atoms with Crippen LogP contribution in [0.15, 0.2) is 48.5 Å². The molecule has 0 radical (unpaired) electrons. The van der Waals surface area contributed by atoms with Crippen LogP contribution in [0.5, 0.6) is 0 Å². The molecule has 0 heterocycles. The van der Waals surface area contributed by atoms with E-state index >= 15 is 0 Å². The summed E-state index contributed by atoms with van der Waals surface area (Å²) in [7, 11) is 0. The number of nitrogens with zero attached hydrogens (tertiary/aromatic N) is 1. The Hall–Kier alpha value is -2.51. The molecule has 0 atom stereocenters. The summed E-state index contributed by atoms with van der Waals surface area (Å²) in [5.74, 6) is -0.231. The number of hydrogen-bond acceptors (Lipinski definition) is 3. The molecule has 0 fully saturated rings. The predicted octanol–water partition coefficient (Wildman–Crippen LogP) is 3.26. The van der Waals surface area contributed by atoms with Crippen LogP contribution >= 0.6 is 11.6 Å². The Bertz CT molecular complexity index is 664. The average Bonchev–Trinajstić information content (AvgIpc) is 2.48. The van der Waals surface area contributed by atoms with Gasteiger partial charge in [-0.05, 0) is 24.3 Å². The van der Waals surface area contributed by atoms with Crippen molar-refractivity contribution in [1.29, 1.82) is 5.26 Å². The Labute approximate surface area is 122 Å². The Morgan fingerprint density at radius 1 is 1.10 bits per heavy atom. The average molecular weight is 286 g/mol. The van der Waals surface area contributed by atoms with Crippen LogP contribution in [0, 0.1) is 11.3 Å². The van der Waals surface area contributed by atoms with Gasteiger partial charge in [0.25, 0.3) is 0 Å². The molecule has 2 N–H and O–H groups in total. The third-order valence-electron chi connectivity index (χ3n) is 2.63. The minimum Gasteiger partial charge on any atom is -0.375 e. The summed E-state index contributed by atoms with van der Waals surface area (Å²) < 4.78 is 0. The van der Waals surface area contributed by atoms with Gasteiger partial charge in [-0.2, -0.15) is 5.26 Å². The lowest BCUT2D eigenvalue weighted by Gasteiger charge is -2.09. The summed E-state index contributed by atoms with van der Waals surface area (Å²) in [5.41, 5.74) is 1.69. The van der Waals surface area contributed by atoms with E-state index in [0.717, 1.165) is 0 Å². The highest BCUT2D eigenvalue weighted by Gasteiger charge is 2.06. The molecule has 0 aliphatic carbocycles. The summed E-state index contributed by atoms with van der Waals surface area (Å²) in [6.45, 7) is 0.0594. The van der Waals surface area contributed by atoms with E-state index in [9.17, 15) is 4.79 Å². The first-order chi connectivity index (χ1) is 9.70. The molecule has 0 saturated heterocycles. The van der Waals surface area contributed by atoms with E-state index in [1.807, 2.05) is 0 Å². The van der Waals surface area contributed by atoms with E-state index < -0.39 is 0 Å². The molecule has 0 aliphatic rings. The highest BCUT2D eigenvalue weighted by molar-refractivity contribution is 6.33. The van der Waals surface area contributed by atoms with Gasteiger partial charge in [0, 0.05) is 0 Å². The van der Waals surface area contributed by atoms with Gasteiger partial charge in [0.1, 0.15) is 6.07 Å². The van der Waals surface area contributed by atoms with E-state index in [-0.39, 0.29) is 12.5 Å². The third-order valence-corrected chi connectivity index (χ3v) is 2.96. The number of rotatable bonds is 4. The second-order valence-electron chi connectivity index (χ2n) is 4.04. The van der Waals surface area contributed by atoms with Gasteiger partial charge < -0.3 is 10.6 Å². The molecule has 5 heteroatoms. The molecular formula is C15H12ClN3O. The van der Waals surface area contributed by atoms with Crippen molar-refractivity contribution >= 4 is 28.9 Å². The Morgan fingerprint density at radius 3 is 2.45 bits per heavy atom. The van der Waals surface area contributed by atoms with Crippen LogP contribution in [0.4, 0.5) is 11.4 Å². The fourth-order valence-corrected chi connectivity index (χ4v) is 1.85. The second-order valence-corrected chi connectivity index (χ2v) is 4.45. The largest absolute Gasteiger partial charge is 0.375 e. The van der Waals surface area contributed by atoms with Crippen molar-refractivity contribution < 1.29 is 4.79 Å². The zero-order valence-corrected chi connectivity index (χ0v) is 11.3. The molecule has 0 spiro atoms. The van der Waals surface area contributed by atoms with Gasteiger partial charge in [-0.25, -0.2) is 0 Å². The SMILES string of the molecule is N#Cc1ccccc1NCC(=O)Nc1ccccc1Cl. The number of anilines is 2. The highest BCUT2D eigenvalue weighted by atomic mass is 35.5. The second kappa shape index (κ2) is 6.60. The smallest absolute Gasteiger partial charge is 0.243 e. The Morgan fingerprint density at radius 2 is 1.75 bits per heavy atom. The number of nitrogens with one attached hydrogen (secondary N) is 2. The first-order valence-electron chi connectivity index (χ1n) is 5.98. The van der Waals surface area contributed by atoms with Crippen molar-refractivity contribution in [1.82, 2.24) is 0 Å². The maximum absolute atomic E-state index is 11.8. The van der Waals surface area contributed by atoms with Crippen LogP contribution in [0.25, 0.3) is 0 Å². The molecule has 2 rings (SSSR count). The van der Waals surface area contributed by atoms with Crippen LogP contribution in [-0.2, 0) is 4.79 Å². The van der Waals surface area contributed by atoms with E-state index in [1.54, 1.807) is 48.5 Å². The minimum atomic E-state index is -0.231. The number of hydrogen-bond donors (Lipinski definition) is 2. The quantitative estimate of drug-likeness (QED) is 0.906. The predicted molar refractivity (Wildman–Crippen MR) is 79.7 cm³/mol. The first-order valence-corrected chi connectivity index (χ1v) is 6.36. The molecule has 2 aromatic rings. The molecule has 100 valence electrons. The van der Waals surface area contributed by atoms with Gasteiger partial charge in [0.15, 0.2) is 0 Å². The van der Waals surface area contributed by atoms with Crippen molar-refractivity contribution in [2.45, 2.75) is 0 Å².